The van der Waals surface area contributed by atoms with E-state index in [9.17, 15) is 0 Å². The van der Waals surface area contributed by atoms with Crippen LogP contribution in [-0.4, -0.2) is 0 Å². The highest BCUT2D eigenvalue weighted by Gasteiger charge is 2.33. The van der Waals surface area contributed by atoms with E-state index in [1.54, 1.807) is 0 Å². The Morgan fingerprint density at radius 1 is 0.271 bits per heavy atom. The Morgan fingerprint density at radius 3 is 1.17 bits per heavy atom. The summed E-state index contributed by atoms with van der Waals surface area (Å²) in [6.45, 7) is 0. The Labute approximate surface area is 278 Å². The van der Waals surface area contributed by atoms with Crippen LogP contribution in [0, 0.1) is 0 Å². The highest BCUT2D eigenvalue weighted by molar-refractivity contribution is 6.15. The maximum absolute atomic E-state index is 4.13. The molecule has 0 saturated carbocycles. The van der Waals surface area contributed by atoms with Crippen molar-refractivity contribution >= 4 is 64.6 Å². The molecule has 1 aliphatic rings. The average molecular weight is 616 g/mol. The number of rotatable bonds is 3. The molecule has 9 aromatic rings. The minimum absolute atomic E-state index is 0.0913. The van der Waals surface area contributed by atoms with Crippen LogP contribution in [0.2, 0.25) is 0 Å². The fourth-order valence-electron chi connectivity index (χ4n) is 8.15. The van der Waals surface area contributed by atoms with Crippen LogP contribution in [-0.2, 0) is 0 Å². The lowest BCUT2D eigenvalue weighted by Crippen LogP contribution is -2.54. The van der Waals surface area contributed by atoms with Crippen LogP contribution in [0.15, 0.2) is 164 Å². The fourth-order valence-corrected chi connectivity index (χ4v) is 8.15. The van der Waals surface area contributed by atoms with E-state index in [1.165, 1.54) is 81.3 Å². The molecule has 3 heteroatoms. The number of hydrogen-bond acceptors (Lipinski definition) is 3. The van der Waals surface area contributed by atoms with Gasteiger partial charge in [-0.1, -0.05) is 152 Å². The van der Waals surface area contributed by atoms with E-state index >= 15 is 0 Å². The van der Waals surface area contributed by atoms with Gasteiger partial charge in [0.05, 0.1) is 18.5 Å². The summed E-state index contributed by atoms with van der Waals surface area (Å²) in [6, 6.07) is 59.8. The van der Waals surface area contributed by atoms with Crippen molar-refractivity contribution in [3.8, 4) is 0 Å². The SMILES string of the molecule is c1ccc(C2NC(c3c4ccccc4cc4c3ccc3ccccc34)NC(c3c4ccccc4cc4c3ccc3ccccc34)N2)cc1. The van der Waals surface area contributed by atoms with E-state index in [1.807, 2.05) is 0 Å². The van der Waals surface area contributed by atoms with Gasteiger partial charge in [0.15, 0.2) is 0 Å². The van der Waals surface area contributed by atoms with E-state index < -0.39 is 0 Å². The zero-order chi connectivity index (χ0) is 31.6. The lowest BCUT2D eigenvalue weighted by Gasteiger charge is -2.41. The topological polar surface area (TPSA) is 36.1 Å². The Morgan fingerprint density at radius 2 is 0.667 bits per heavy atom. The van der Waals surface area contributed by atoms with Gasteiger partial charge in [-0.15, -0.1) is 0 Å². The first-order chi connectivity index (χ1) is 23.8. The van der Waals surface area contributed by atoms with Crippen molar-refractivity contribution in [3.05, 3.63) is 180 Å². The molecule has 1 aliphatic heterocycles. The van der Waals surface area contributed by atoms with Crippen LogP contribution in [0.25, 0.3) is 64.6 Å². The maximum atomic E-state index is 4.13. The number of hydrogen-bond donors (Lipinski definition) is 3. The Kier molecular flexibility index (Phi) is 6.31. The first kappa shape index (κ1) is 27.5. The molecule has 3 nitrogen and oxygen atoms in total. The van der Waals surface area contributed by atoms with Crippen LogP contribution in [0.1, 0.15) is 35.2 Å². The predicted octanol–water partition coefficient (Wildman–Crippen LogP) is 10.8. The van der Waals surface area contributed by atoms with Gasteiger partial charge >= 0.3 is 0 Å². The van der Waals surface area contributed by atoms with E-state index in [2.05, 4.69) is 180 Å². The summed E-state index contributed by atoms with van der Waals surface area (Å²) in [4.78, 5) is 0. The molecule has 228 valence electrons. The third-order valence-corrected chi connectivity index (χ3v) is 10.3. The molecule has 0 spiro atoms. The Balaban J connectivity index is 1.25. The van der Waals surface area contributed by atoms with Gasteiger partial charge in [0.1, 0.15) is 0 Å². The quantitative estimate of drug-likeness (QED) is 0.137. The summed E-state index contributed by atoms with van der Waals surface area (Å²) in [5, 5.41) is 27.3. The van der Waals surface area contributed by atoms with Gasteiger partial charge < -0.3 is 0 Å². The molecule has 48 heavy (non-hydrogen) atoms. The van der Waals surface area contributed by atoms with Gasteiger partial charge in [-0.05, 0) is 93.5 Å². The summed E-state index contributed by atoms with van der Waals surface area (Å²) in [5.74, 6) is 0. The molecule has 10 rings (SSSR count). The summed E-state index contributed by atoms with van der Waals surface area (Å²) in [6.07, 6.45) is -0.386. The van der Waals surface area contributed by atoms with Crippen LogP contribution >= 0.6 is 0 Å². The minimum atomic E-state index is -0.148. The predicted molar refractivity (Wildman–Crippen MR) is 202 cm³/mol. The van der Waals surface area contributed by atoms with Crippen molar-refractivity contribution in [2.75, 3.05) is 0 Å². The molecule has 3 N–H and O–H groups in total. The zero-order valence-corrected chi connectivity index (χ0v) is 26.3. The molecule has 0 aromatic heterocycles. The van der Waals surface area contributed by atoms with Gasteiger partial charge in [-0.25, -0.2) is 0 Å². The zero-order valence-electron chi connectivity index (χ0n) is 26.3. The molecular formula is C45H33N3. The highest BCUT2D eigenvalue weighted by Crippen LogP contribution is 2.41. The van der Waals surface area contributed by atoms with Gasteiger partial charge in [0.2, 0.25) is 0 Å². The number of benzene rings is 9. The van der Waals surface area contributed by atoms with Crippen LogP contribution in [0.5, 0.6) is 0 Å². The van der Waals surface area contributed by atoms with Crippen molar-refractivity contribution in [2.45, 2.75) is 18.5 Å². The van der Waals surface area contributed by atoms with E-state index in [0.717, 1.165) is 0 Å². The van der Waals surface area contributed by atoms with E-state index in [0.29, 0.717) is 0 Å². The smallest absolute Gasteiger partial charge is 0.0876 e. The third-order valence-electron chi connectivity index (χ3n) is 10.3. The first-order valence-corrected chi connectivity index (χ1v) is 16.8. The Hall–Kier alpha value is -5.58. The van der Waals surface area contributed by atoms with Crippen molar-refractivity contribution in [1.82, 2.24) is 16.0 Å². The lowest BCUT2D eigenvalue weighted by molar-refractivity contribution is 0.207. The summed E-state index contributed by atoms with van der Waals surface area (Å²) in [5.41, 5.74) is 3.76. The molecule has 0 aliphatic carbocycles. The van der Waals surface area contributed by atoms with Crippen LogP contribution in [0.4, 0.5) is 0 Å². The second-order valence-electron chi connectivity index (χ2n) is 13.0. The summed E-state index contributed by atoms with van der Waals surface area (Å²) >= 11 is 0. The summed E-state index contributed by atoms with van der Waals surface area (Å²) < 4.78 is 0. The molecule has 2 atom stereocenters. The highest BCUT2D eigenvalue weighted by atomic mass is 15.4. The van der Waals surface area contributed by atoms with E-state index in [4.69, 9.17) is 0 Å². The van der Waals surface area contributed by atoms with Crippen molar-refractivity contribution < 1.29 is 0 Å². The summed E-state index contributed by atoms with van der Waals surface area (Å²) in [7, 11) is 0. The molecule has 9 aromatic carbocycles. The molecule has 1 heterocycles. The molecule has 0 radical (unpaired) electrons. The molecule has 1 fully saturated rings. The molecule has 1 saturated heterocycles. The van der Waals surface area contributed by atoms with Crippen molar-refractivity contribution in [1.29, 1.82) is 0 Å². The number of nitrogens with one attached hydrogen (secondary N) is 3. The van der Waals surface area contributed by atoms with Crippen molar-refractivity contribution in [3.63, 3.8) is 0 Å². The van der Waals surface area contributed by atoms with Gasteiger partial charge in [0, 0.05) is 0 Å². The van der Waals surface area contributed by atoms with Crippen LogP contribution in [0.3, 0.4) is 0 Å². The third kappa shape index (κ3) is 4.33. The standard InChI is InChI=1S/C45H33N3/c1-2-14-30(15-3-1)43-46-44(41-35-20-10-6-16-31(35)26-39-33-18-8-4-12-28(33)22-24-37(39)41)48-45(47-43)42-36-21-11-7-17-32(36)27-40-34-19-9-5-13-29(34)23-25-38(40)42/h1-27,43-48H. The lowest BCUT2D eigenvalue weighted by atomic mass is 9.89. The van der Waals surface area contributed by atoms with E-state index in [-0.39, 0.29) is 18.5 Å². The average Bonchev–Trinajstić information content (AvgIpc) is 3.16. The fraction of sp³-hybridized carbons (Fsp3) is 0.0667. The minimum Gasteiger partial charge on any atom is -0.279 e. The van der Waals surface area contributed by atoms with Gasteiger partial charge in [-0.3, -0.25) is 16.0 Å². The largest absolute Gasteiger partial charge is 0.279 e. The van der Waals surface area contributed by atoms with Crippen LogP contribution < -0.4 is 16.0 Å². The van der Waals surface area contributed by atoms with Crippen molar-refractivity contribution in [2.24, 2.45) is 0 Å². The number of fused-ring (bicyclic) bond motifs is 8. The molecule has 0 bridgehead atoms. The maximum Gasteiger partial charge on any atom is 0.0876 e. The van der Waals surface area contributed by atoms with Gasteiger partial charge in [0.25, 0.3) is 0 Å². The first-order valence-electron chi connectivity index (χ1n) is 16.8. The molecule has 2 unspecified atom stereocenters. The molecular weight excluding hydrogens is 583 g/mol. The van der Waals surface area contributed by atoms with Gasteiger partial charge in [-0.2, -0.15) is 0 Å². The monoisotopic (exact) mass is 615 g/mol. The normalized spacial score (nSPS) is 18.4. The molecule has 0 amide bonds. The second kappa shape index (κ2) is 11.0. The Bertz CT molecular complexity index is 2510. The second-order valence-corrected chi connectivity index (χ2v) is 13.0.